The van der Waals surface area contributed by atoms with E-state index in [9.17, 15) is 4.79 Å². The Morgan fingerprint density at radius 2 is 1.68 bits per heavy atom. The summed E-state index contributed by atoms with van der Waals surface area (Å²) in [5, 5.41) is 2.90. The minimum atomic E-state index is -0.551. The van der Waals surface area contributed by atoms with E-state index in [1.54, 1.807) is 45.4 Å². The fraction of sp³-hybridized carbons (Fsp3) is 0.350. The van der Waals surface area contributed by atoms with Crippen molar-refractivity contribution in [2.75, 3.05) is 20.8 Å². The molecule has 0 aliphatic carbocycles. The van der Waals surface area contributed by atoms with Gasteiger partial charge in [-0.05, 0) is 61.7 Å². The molecule has 0 aliphatic rings. The Labute approximate surface area is 148 Å². The number of ether oxygens (including phenoxy) is 3. The molecule has 0 radical (unpaired) electrons. The first-order valence-electron chi connectivity index (χ1n) is 8.33. The predicted molar refractivity (Wildman–Crippen MR) is 97.4 cm³/mol. The summed E-state index contributed by atoms with van der Waals surface area (Å²) in [4.78, 5) is 12.1. The third-order valence-electron chi connectivity index (χ3n) is 3.82. The summed E-state index contributed by atoms with van der Waals surface area (Å²) in [6, 6.07) is 15.1. The second kappa shape index (κ2) is 9.57. The maximum Gasteiger partial charge on any atom is 0.260 e. The molecule has 0 saturated carbocycles. The van der Waals surface area contributed by atoms with Crippen LogP contribution in [0.15, 0.2) is 48.5 Å². The second-order valence-electron chi connectivity index (χ2n) is 5.68. The SMILES string of the molecule is COc1ccc(O[C@H](C)C(=O)NCCCc2cccc(OC)c2)cc1. The molecule has 1 amide bonds. The summed E-state index contributed by atoms with van der Waals surface area (Å²) in [5.41, 5.74) is 1.19. The van der Waals surface area contributed by atoms with Gasteiger partial charge in [0.25, 0.3) is 5.91 Å². The lowest BCUT2D eigenvalue weighted by atomic mass is 10.1. The zero-order valence-corrected chi connectivity index (χ0v) is 15.0. The Morgan fingerprint density at radius 1 is 1.00 bits per heavy atom. The van der Waals surface area contributed by atoms with Crippen molar-refractivity contribution in [3.8, 4) is 17.2 Å². The van der Waals surface area contributed by atoms with E-state index < -0.39 is 6.10 Å². The predicted octanol–water partition coefficient (Wildman–Crippen LogP) is 3.22. The Bertz CT molecular complexity index is 670. The van der Waals surface area contributed by atoms with Crippen molar-refractivity contribution in [3.63, 3.8) is 0 Å². The fourth-order valence-corrected chi connectivity index (χ4v) is 2.39. The van der Waals surface area contributed by atoms with Crippen molar-refractivity contribution in [3.05, 3.63) is 54.1 Å². The van der Waals surface area contributed by atoms with Gasteiger partial charge in [0.2, 0.25) is 0 Å². The molecule has 0 saturated heterocycles. The number of hydrogen-bond acceptors (Lipinski definition) is 4. The maximum absolute atomic E-state index is 12.1. The summed E-state index contributed by atoms with van der Waals surface area (Å²) >= 11 is 0. The number of carbonyl (C=O) groups excluding carboxylic acids is 1. The first-order chi connectivity index (χ1) is 12.1. The average Bonchev–Trinajstić information content (AvgIpc) is 2.65. The molecule has 0 aromatic heterocycles. The zero-order valence-electron chi connectivity index (χ0n) is 15.0. The van der Waals surface area contributed by atoms with E-state index in [0.29, 0.717) is 12.3 Å². The highest BCUT2D eigenvalue weighted by atomic mass is 16.5. The van der Waals surface area contributed by atoms with Crippen molar-refractivity contribution in [1.82, 2.24) is 5.32 Å². The Hall–Kier alpha value is -2.69. The normalized spacial score (nSPS) is 11.5. The molecular weight excluding hydrogens is 318 g/mol. The highest BCUT2D eigenvalue weighted by Gasteiger charge is 2.13. The number of carbonyl (C=O) groups is 1. The van der Waals surface area contributed by atoms with E-state index in [0.717, 1.165) is 24.3 Å². The van der Waals surface area contributed by atoms with Crippen molar-refractivity contribution in [2.45, 2.75) is 25.9 Å². The van der Waals surface area contributed by atoms with Gasteiger partial charge in [-0.25, -0.2) is 0 Å². The average molecular weight is 343 g/mol. The van der Waals surface area contributed by atoms with Gasteiger partial charge in [-0.3, -0.25) is 4.79 Å². The van der Waals surface area contributed by atoms with Gasteiger partial charge in [-0.15, -0.1) is 0 Å². The van der Waals surface area contributed by atoms with Crippen LogP contribution in [0.5, 0.6) is 17.2 Å². The molecule has 2 aromatic carbocycles. The number of amides is 1. The van der Waals surface area contributed by atoms with Gasteiger partial charge in [-0.1, -0.05) is 12.1 Å². The largest absolute Gasteiger partial charge is 0.497 e. The number of hydrogen-bond donors (Lipinski definition) is 1. The molecule has 2 rings (SSSR count). The third kappa shape index (κ3) is 6.03. The smallest absolute Gasteiger partial charge is 0.260 e. The van der Waals surface area contributed by atoms with Gasteiger partial charge >= 0.3 is 0 Å². The molecule has 0 spiro atoms. The molecule has 25 heavy (non-hydrogen) atoms. The standard InChI is InChI=1S/C20H25NO4/c1-15(25-18-11-9-17(23-2)10-12-18)20(22)21-13-5-7-16-6-4-8-19(14-16)24-3/h4,6,8-12,14-15H,5,7,13H2,1-3H3,(H,21,22)/t15-/m1/s1. The van der Waals surface area contributed by atoms with E-state index in [4.69, 9.17) is 14.2 Å². The molecule has 0 bridgehead atoms. The van der Waals surface area contributed by atoms with Crippen LogP contribution in [0.4, 0.5) is 0 Å². The van der Waals surface area contributed by atoms with Gasteiger partial charge in [0.15, 0.2) is 6.10 Å². The van der Waals surface area contributed by atoms with E-state index in [2.05, 4.69) is 11.4 Å². The molecule has 1 N–H and O–H groups in total. The number of aryl methyl sites for hydroxylation is 1. The third-order valence-corrected chi connectivity index (χ3v) is 3.82. The van der Waals surface area contributed by atoms with Crippen LogP contribution < -0.4 is 19.5 Å². The summed E-state index contributed by atoms with van der Waals surface area (Å²) in [7, 11) is 3.26. The summed E-state index contributed by atoms with van der Waals surface area (Å²) < 4.78 is 15.9. The quantitative estimate of drug-likeness (QED) is 0.710. The topological polar surface area (TPSA) is 56.8 Å². The highest BCUT2D eigenvalue weighted by Crippen LogP contribution is 2.18. The van der Waals surface area contributed by atoms with Crippen LogP contribution in [0, 0.1) is 0 Å². The zero-order chi connectivity index (χ0) is 18.1. The minimum Gasteiger partial charge on any atom is -0.497 e. The van der Waals surface area contributed by atoms with E-state index in [1.807, 2.05) is 18.2 Å². The van der Waals surface area contributed by atoms with Crippen LogP contribution >= 0.6 is 0 Å². The minimum absolute atomic E-state index is 0.124. The van der Waals surface area contributed by atoms with Crippen molar-refractivity contribution in [1.29, 1.82) is 0 Å². The number of methoxy groups -OCH3 is 2. The lowest BCUT2D eigenvalue weighted by Crippen LogP contribution is -2.36. The first-order valence-corrected chi connectivity index (χ1v) is 8.33. The molecule has 2 aromatic rings. The van der Waals surface area contributed by atoms with Gasteiger partial charge in [0, 0.05) is 6.54 Å². The molecule has 1 atom stereocenters. The first kappa shape index (κ1) is 18.6. The second-order valence-corrected chi connectivity index (χ2v) is 5.68. The van der Waals surface area contributed by atoms with E-state index in [-0.39, 0.29) is 5.91 Å². The fourth-order valence-electron chi connectivity index (χ4n) is 2.39. The lowest BCUT2D eigenvalue weighted by molar-refractivity contribution is -0.127. The van der Waals surface area contributed by atoms with Gasteiger partial charge in [-0.2, -0.15) is 0 Å². The summed E-state index contributed by atoms with van der Waals surface area (Å²) in [5.74, 6) is 2.12. The maximum atomic E-state index is 12.1. The van der Waals surface area contributed by atoms with Crippen LogP contribution in [-0.2, 0) is 11.2 Å². The van der Waals surface area contributed by atoms with Gasteiger partial charge in [0.05, 0.1) is 14.2 Å². The number of rotatable bonds is 9. The molecule has 134 valence electrons. The van der Waals surface area contributed by atoms with Crippen LogP contribution in [0.1, 0.15) is 18.9 Å². The molecule has 0 aliphatic heterocycles. The molecule has 5 heteroatoms. The molecule has 0 unspecified atom stereocenters. The van der Waals surface area contributed by atoms with E-state index in [1.165, 1.54) is 5.56 Å². The molecular formula is C20H25NO4. The molecule has 0 heterocycles. The van der Waals surface area contributed by atoms with Crippen molar-refractivity contribution >= 4 is 5.91 Å². The van der Waals surface area contributed by atoms with Crippen LogP contribution in [0.3, 0.4) is 0 Å². The van der Waals surface area contributed by atoms with Gasteiger partial charge in [0.1, 0.15) is 17.2 Å². The number of benzene rings is 2. The summed E-state index contributed by atoms with van der Waals surface area (Å²) in [6.07, 6.45) is 1.18. The number of nitrogens with one attached hydrogen (secondary N) is 1. The van der Waals surface area contributed by atoms with E-state index >= 15 is 0 Å². The van der Waals surface area contributed by atoms with Crippen molar-refractivity contribution < 1.29 is 19.0 Å². The Morgan fingerprint density at radius 3 is 2.36 bits per heavy atom. The lowest BCUT2D eigenvalue weighted by Gasteiger charge is -2.15. The Kier molecular flexibility index (Phi) is 7.14. The molecule has 0 fully saturated rings. The Balaban J connectivity index is 1.71. The summed E-state index contributed by atoms with van der Waals surface area (Å²) in [6.45, 7) is 2.34. The molecule has 5 nitrogen and oxygen atoms in total. The van der Waals surface area contributed by atoms with Gasteiger partial charge < -0.3 is 19.5 Å². The van der Waals surface area contributed by atoms with Crippen LogP contribution in [0.25, 0.3) is 0 Å². The van der Waals surface area contributed by atoms with Crippen LogP contribution in [-0.4, -0.2) is 32.8 Å². The monoisotopic (exact) mass is 343 g/mol. The van der Waals surface area contributed by atoms with Crippen LogP contribution in [0.2, 0.25) is 0 Å². The van der Waals surface area contributed by atoms with Crippen molar-refractivity contribution in [2.24, 2.45) is 0 Å². The highest BCUT2D eigenvalue weighted by molar-refractivity contribution is 5.80.